The third-order valence-electron chi connectivity index (χ3n) is 10.4. The Morgan fingerprint density at radius 3 is 1.03 bits per heavy atom. The Labute approximate surface area is 375 Å². The average Bonchev–Trinajstić information content (AvgIpc) is 3.26. The van der Waals surface area contributed by atoms with E-state index in [4.69, 9.17) is 14.2 Å². The molecule has 0 aliphatic carbocycles. The molecule has 348 valence electrons. The van der Waals surface area contributed by atoms with E-state index in [1.807, 2.05) is 0 Å². The van der Waals surface area contributed by atoms with Crippen molar-refractivity contribution < 1.29 is 28.6 Å². The first-order chi connectivity index (χ1) is 30.0. The van der Waals surface area contributed by atoms with E-state index in [1.54, 1.807) is 0 Å². The van der Waals surface area contributed by atoms with Gasteiger partial charge in [0.1, 0.15) is 13.2 Å². The maximum absolute atomic E-state index is 12.8. The van der Waals surface area contributed by atoms with Crippen LogP contribution in [0.1, 0.15) is 226 Å². The molecule has 0 saturated heterocycles. The van der Waals surface area contributed by atoms with Crippen LogP contribution in [0.25, 0.3) is 0 Å². The van der Waals surface area contributed by atoms with Crippen molar-refractivity contribution in [3.05, 3.63) is 85.1 Å². The van der Waals surface area contributed by atoms with Crippen LogP contribution in [-0.4, -0.2) is 37.2 Å². The van der Waals surface area contributed by atoms with E-state index < -0.39 is 6.10 Å². The van der Waals surface area contributed by atoms with Gasteiger partial charge in [-0.3, -0.25) is 14.4 Å². The summed E-state index contributed by atoms with van der Waals surface area (Å²) in [7, 11) is 0. The van der Waals surface area contributed by atoms with Crippen LogP contribution in [0.3, 0.4) is 0 Å². The van der Waals surface area contributed by atoms with E-state index in [2.05, 4.69) is 106 Å². The number of unbranched alkanes of at least 4 members (excludes halogenated alkanes) is 19. The molecule has 0 aromatic heterocycles. The molecular weight excluding hydrogens is 757 g/mol. The SMILES string of the molecule is CC/C=C\C/C=C\C/C=C\CCCCCCCCCC(=O)OCC(COC(=O)CCCCCCC/C=C\CCCCCC)OC(=O)CCCCC/C=C\C/C=C\C/C=C\CC. The van der Waals surface area contributed by atoms with Gasteiger partial charge in [-0.25, -0.2) is 0 Å². The number of esters is 3. The van der Waals surface area contributed by atoms with E-state index in [-0.39, 0.29) is 37.5 Å². The Kier molecular flexibility index (Phi) is 46.5. The van der Waals surface area contributed by atoms with E-state index in [0.717, 1.165) is 116 Å². The standard InChI is InChI=1S/C55H92O6/c1-4-7-10-13-16-19-22-25-26-27-28-31-33-36-39-42-45-48-54(57)60-51-52(61-55(58)49-46-43-40-37-34-30-24-21-18-15-12-9-6-3)50-59-53(56)47-44-41-38-35-32-29-23-20-17-14-11-8-5-2/h7,9-10,12,16,18-21,23,25-26,30,34,52H,4-6,8,11,13-15,17,22,24,27-29,31-33,35-51H2,1-3H3/b10-7-,12-9-,19-16-,21-18-,23-20-,26-25-,34-30-. The summed E-state index contributed by atoms with van der Waals surface area (Å²) in [5, 5.41) is 0. The zero-order valence-electron chi connectivity index (χ0n) is 39.7. The van der Waals surface area contributed by atoms with E-state index >= 15 is 0 Å². The van der Waals surface area contributed by atoms with E-state index in [9.17, 15) is 14.4 Å². The van der Waals surface area contributed by atoms with Crippen molar-refractivity contribution >= 4 is 17.9 Å². The molecule has 0 aliphatic rings. The highest BCUT2D eigenvalue weighted by Gasteiger charge is 2.19. The Morgan fingerprint density at radius 2 is 0.639 bits per heavy atom. The van der Waals surface area contributed by atoms with Gasteiger partial charge in [0.05, 0.1) is 0 Å². The summed E-state index contributed by atoms with van der Waals surface area (Å²) >= 11 is 0. The molecule has 0 radical (unpaired) electrons. The van der Waals surface area contributed by atoms with Gasteiger partial charge < -0.3 is 14.2 Å². The molecule has 1 unspecified atom stereocenters. The van der Waals surface area contributed by atoms with Crippen molar-refractivity contribution in [1.82, 2.24) is 0 Å². The second-order valence-electron chi connectivity index (χ2n) is 16.3. The van der Waals surface area contributed by atoms with Crippen LogP contribution >= 0.6 is 0 Å². The molecule has 0 heterocycles. The van der Waals surface area contributed by atoms with Crippen LogP contribution in [-0.2, 0) is 28.6 Å². The molecular formula is C55H92O6. The van der Waals surface area contributed by atoms with E-state index in [0.29, 0.717) is 12.8 Å². The van der Waals surface area contributed by atoms with Crippen LogP contribution in [0.4, 0.5) is 0 Å². The zero-order chi connectivity index (χ0) is 44.4. The average molecular weight is 849 g/mol. The first-order valence-electron chi connectivity index (χ1n) is 25.1. The number of carbonyl (C=O) groups is 3. The fourth-order valence-electron chi connectivity index (χ4n) is 6.64. The van der Waals surface area contributed by atoms with Crippen molar-refractivity contribution in [2.75, 3.05) is 13.2 Å². The zero-order valence-corrected chi connectivity index (χ0v) is 39.7. The predicted molar refractivity (Wildman–Crippen MR) is 261 cm³/mol. The van der Waals surface area contributed by atoms with Gasteiger partial charge in [0, 0.05) is 19.3 Å². The normalized spacial score (nSPS) is 12.8. The molecule has 0 aliphatic heterocycles. The van der Waals surface area contributed by atoms with Crippen molar-refractivity contribution in [3.63, 3.8) is 0 Å². The van der Waals surface area contributed by atoms with Gasteiger partial charge in [-0.2, -0.15) is 0 Å². The topological polar surface area (TPSA) is 78.9 Å². The van der Waals surface area contributed by atoms with Gasteiger partial charge in [0.15, 0.2) is 6.10 Å². The summed E-state index contributed by atoms with van der Waals surface area (Å²) in [5.41, 5.74) is 0. The first kappa shape index (κ1) is 57.6. The van der Waals surface area contributed by atoms with Crippen molar-refractivity contribution in [3.8, 4) is 0 Å². The van der Waals surface area contributed by atoms with Crippen molar-refractivity contribution in [2.45, 2.75) is 232 Å². The minimum absolute atomic E-state index is 0.0967. The molecule has 0 fully saturated rings. The van der Waals surface area contributed by atoms with Crippen molar-refractivity contribution in [2.24, 2.45) is 0 Å². The van der Waals surface area contributed by atoms with E-state index in [1.165, 1.54) is 70.6 Å². The molecule has 0 aromatic carbocycles. The third kappa shape index (κ3) is 47.5. The molecule has 0 aromatic rings. The lowest BCUT2D eigenvalue weighted by Gasteiger charge is -2.18. The Bertz CT molecular complexity index is 1200. The molecule has 0 N–H and O–H groups in total. The van der Waals surface area contributed by atoms with Gasteiger partial charge in [-0.15, -0.1) is 0 Å². The Hall–Kier alpha value is -3.41. The highest BCUT2D eigenvalue weighted by atomic mass is 16.6. The number of hydrogen-bond donors (Lipinski definition) is 0. The number of rotatable bonds is 44. The number of ether oxygens (including phenoxy) is 3. The molecule has 0 rings (SSSR count). The molecule has 0 amide bonds. The van der Waals surface area contributed by atoms with Gasteiger partial charge in [-0.1, -0.05) is 183 Å². The predicted octanol–water partition coefficient (Wildman–Crippen LogP) is 16.4. The lowest BCUT2D eigenvalue weighted by Crippen LogP contribution is -2.30. The minimum Gasteiger partial charge on any atom is -0.462 e. The molecule has 0 saturated carbocycles. The van der Waals surface area contributed by atoms with Crippen LogP contribution in [0, 0.1) is 0 Å². The highest BCUT2D eigenvalue weighted by Crippen LogP contribution is 2.13. The number of allylic oxidation sites excluding steroid dienone is 14. The lowest BCUT2D eigenvalue weighted by molar-refractivity contribution is -0.167. The first-order valence-corrected chi connectivity index (χ1v) is 25.1. The Morgan fingerprint density at radius 1 is 0.344 bits per heavy atom. The summed E-state index contributed by atoms with van der Waals surface area (Å²) in [5.74, 6) is -0.947. The number of carbonyl (C=O) groups excluding carboxylic acids is 3. The Balaban J connectivity index is 4.44. The maximum atomic E-state index is 12.8. The van der Waals surface area contributed by atoms with Gasteiger partial charge >= 0.3 is 17.9 Å². The molecule has 6 nitrogen and oxygen atoms in total. The molecule has 0 spiro atoms. The summed E-state index contributed by atoms with van der Waals surface area (Å²) in [6, 6.07) is 0. The largest absolute Gasteiger partial charge is 0.462 e. The molecule has 0 bridgehead atoms. The summed E-state index contributed by atoms with van der Waals surface area (Å²) < 4.78 is 16.7. The summed E-state index contributed by atoms with van der Waals surface area (Å²) in [6.07, 6.45) is 62.8. The van der Waals surface area contributed by atoms with Crippen LogP contribution < -0.4 is 0 Å². The smallest absolute Gasteiger partial charge is 0.306 e. The fraction of sp³-hybridized carbons (Fsp3) is 0.691. The van der Waals surface area contributed by atoms with Gasteiger partial charge in [0.25, 0.3) is 0 Å². The third-order valence-corrected chi connectivity index (χ3v) is 10.4. The van der Waals surface area contributed by atoms with Gasteiger partial charge in [-0.05, 0) is 109 Å². The molecule has 1 atom stereocenters. The molecule has 61 heavy (non-hydrogen) atoms. The fourth-order valence-corrected chi connectivity index (χ4v) is 6.64. The van der Waals surface area contributed by atoms with Gasteiger partial charge in [0.2, 0.25) is 0 Å². The van der Waals surface area contributed by atoms with Crippen LogP contribution in [0.15, 0.2) is 85.1 Å². The molecule has 6 heteroatoms. The monoisotopic (exact) mass is 849 g/mol. The van der Waals surface area contributed by atoms with Crippen LogP contribution in [0.5, 0.6) is 0 Å². The quantitative estimate of drug-likeness (QED) is 0.0263. The summed E-state index contributed by atoms with van der Waals surface area (Å²) in [4.78, 5) is 37.9. The minimum atomic E-state index is -0.798. The second kappa shape index (κ2) is 49.2. The van der Waals surface area contributed by atoms with Crippen LogP contribution in [0.2, 0.25) is 0 Å². The van der Waals surface area contributed by atoms with Crippen molar-refractivity contribution in [1.29, 1.82) is 0 Å². The summed E-state index contributed by atoms with van der Waals surface area (Å²) in [6.45, 7) is 6.35. The lowest BCUT2D eigenvalue weighted by atomic mass is 10.1. The number of hydrogen-bond acceptors (Lipinski definition) is 6. The second-order valence-corrected chi connectivity index (χ2v) is 16.3. The maximum Gasteiger partial charge on any atom is 0.306 e. The highest BCUT2D eigenvalue weighted by molar-refractivity contribution is 5.71.